The minimum Gasteiger partial charge on any atom is -0.476 e. The fourth-order valence-corrected chi connectivity index (χ4v) is 4.10. The number of hydrogen-bond donors (Lipinski definition) is 1. The van der Waals surface area contributed by atoms with Crippen LogP contribution >= 0.6 is 11.6 Å². The predicted molar refractivity (Wildman–Crippen MR) is 102 cm³/mol. The molecule has 148 valence electrons. The van der Waals surface area contributed by atoms with Gasteiger partial charge in [-0.05, 0) is 35.9 Å². The van der Waals surface area contributed by atoms with Crippen LogP contribution in [0.2, 0.25) is 5.02 Å². The Balaban J connectivity index is 1.49. The van der Waals surface area contributed by atoms with Crippen molar-refractivity contribution < 1.29 is 27.4 Å². The lowest BCUT2D eigenvalue weighted by Gasteiger charge is -2.34. The van der Waals surface area contributed by atoms with Crippen molar-refractivity contribution in [3.63, 3.8) is 0 Å². The number of carbonyl (C=O) groups is 1. The van der Waals surface area contributed by atoms with Crippen molar-refractivity contribution >= 4 is 33.2 Å². The molecular formula is C18H17ClN2O6S. The van der Waals surface area contributed by atoms with Crippen molar-refractivity contribution in [1.29, 1.82) is 0 Å². The van der Waals surface area contributed by atoms with Crippen molar-refractivity contribution in [3.05, 3.63) is 47.0 Å². The van der Waals surface area contributed by atoms with Gasteiger partial charge in [-0.1, -0.05) is 17.7 Å². The minimum atomic E-state index is -3.61. The number of benzene rings is 2. The Hall–Kier alpha value is -2.65. The van der Waals surface area contributed by atoms with E-state index in [0.29, 0.717) is 22.2 Å². The number of halogens is 1. The third-order valence-corrected chi connectivity index (χ3v) is 5.77. The summed E-state index contributed by atoms with van der Waals surface area (Å²) in [6.45, 7) is 0.270. The highest BCUT2D eigenvalue weighted by molar-refractivity contribution is 7.92. The zero-order valence-electron chi connectivity index (χ0n) is 14.8. The number of rotatable bonds is 4. The monoisotopic (exact) mass is 424 g/mol. The second-order valence-electron chi connectivity index (χ2n) is 6.42. The molecule has 2 aromatic rings. The molecule has 1 N–H and O–H groups in total. The van der Waals surface area contributed by atoms with E-state index in [2.05, 4.69) is 5.32 Å². The Kier molecular flexibility index (Phi) is 4.72. The fraction of sp³-hybridized carbons (Fsp3) is 0.278. The SMILES string of the molecule is CS(=O)(=O)N1C[C@H](C(=O)NCc2ccc3c(c2)OCO3)Oc2ccc(Cl)cc21. The lowest BCUT2D eigenvalue weighted by molar-refractivity contribution is -0.127. The second-order valence-corrected chi connectivity index (χ2v) is 8.76. The van der Waals surface area contributed by atoms with Gasteiger partial charge in [-0.2, -0.15) is 0 Å². The summed E-state index contributed by atoms with van der Waals surface area (Å²) in [7, 11) is -3.61. The van der Waals surface area contributed by atoms with Gasteiger partial charge in [0.05, 0.1) is 18.5 Å². The Morgan fingerprint density at radius 3 is 2.71 bits per heavy atom. The maximum absolute atomic E-state index is 12.6. The third kappa shape index (κ3) is 3.67. The Labute approximate surface area is 167 Å². The summed E-state index contributed by atoms with van der Waals surface area (Å²) >= 11 is 5.97. The zero-order chi connectivity index (χ0) is 19.9. The van der Waals surface area contributed by atoms with Gasteiger partial charge in [-0.15, -0.1) is 0 Å². The number of amides is 1. The first-order valence-electron chi connectivity index (χ1n) is 8.41. The quantitative estimate of drug-likeness (QED) is 0.805. The number of fused-ring (bicyclic) bond motifs is 2. The first kappa shape index (κ1) is 18.7. The van der Waals surface area contributed by atoms with Gasteiger partial charge >= 0.3 is 0 Å². The van der Waals surface area contributed by atoms with Gasteiger partial charge in [0.15, 0.2) is 17.6 Å². The number of sulfonamides is 1. The average Bonchev–Trinajstić information content (AvgIpc) is 3.12. The van der Waals surface area contributed by atoms with E-state index in [9.17, 15) is 13.2 Å². The van der Waals surface area contributed by atoms with Crippen molar-refractivity contribution in [1.82, 2.24) is 5.32 Å². The highest BCUT2D eigenvalue weighted by Gasteiger charge is 2.35. The molecule has 0 fully saturated rings. The highest BCUT2D eigenvalue weighted by Crippen LogP contribution is 2.37. The Bertz CT molecular complexity index is 1040. The second kappa shape index (κ2) is 7.06. The first-order valence-corrected chi connectivity index (χ1v) is 10.6. The van der Waals surface area contributed by atoms with Gasteiger partial charge in [0.1, 0.15) is 5.75 Å². The molecule has 0 bridgehead atoms. The lowest BCUT2D eigenvalue weighted by Crippen LogP contribution is -2.50. The number of nitrogens with zero attached hydrogens (tertiary/aromatic N) is 1. The molecule has 2 heterocycles. The molecule has 0 saturated carbocycles. The molecule has 0 spiro atoms. The van der Waals surface area contributed by atoms with Gasteiger partial charge in [0.2, 0.25) is 16.8 Å². The zero-order valence-corrected chi connectivity index (χ0v) is 16.4. The van der Waals surface area contributed by atoms with Crippen LogP contribution in [0.25, 0.3) is 0 Å². The summed E-state index contributed by atoms with van der Waals surface area (Å²) in [5.74, 6) is 1.13. The van der Waals surface area contributed by atoms with Crippen LogP contribution in [0.5, 0.6) is 17.2 Å². The van der Waals surface area contributed by atoms with E-state index in [1.165, 1.54) is 6.07 Å². The molecule has 8 nitrogen and oxygen atoms in total. The molecule has 1 amide bonds. The van der Waals surface area contributed by atoms with E-state index in [1.54, 1.807) is 24.3 Å². The summed E-state index contributed by atoms with van der Waals surface area (Å²) in [5.41, 5.74) is 1.13. The summed E-state index contributed by atoms with van der Waals surface area (Å²) in [6.07, 6.45) is 0.0855. The third-order valence-electron chi connectivity index (χ3n) is 4.39. The van der Waals surface area contributed by atoms with Crippen LogP contribution in [-0.2, 0) is 21.4 Å². The topological polar surface area (TPSA) is 94.2 Å². The van der Waals surface area contributed by atoms with E-state index >= 15 is 0 Å². The lowest BCUT2D eigenvalue weighted by atomic mass is 10.2. The largest absolute Gasteiger partial charge is 0.476 e. The molecule has 28 heavy (non-hydrogen) atoms. The smallest absolute Gasteiger partial charge is 0.263 e. The first-order chi connectivity index (χ1) is 13.3. The van der Waals surface area contributed by atoms with E-state index in [0.717, 1.165) is 16.1 Å². The predicted octanol–water partition coefficient (Wildman–Crippen LogP) is 1.91. The molecule has 0 saturated heterocycles. The van der Waals surface area contributed by atoms with E-state index < -0.39 is 22.0 Å². The number of anilines is 1. The van der Waals surface area contributed by atoms with Gasteiger partial charge in [-0.3, -0.25) is 9.10 Å². The van der Waals surface area contributed by atoms with Crippen LogP contribution < -0.4 is 23.8 Å². The summed E-state index contributed by atoms with van der Waals surface area (Å²) in [6, 6.07) is 9.99. The van der Waals surface area contributed by atoms with Crippen molar-refractivity contribution in [3.8, 4) is 17.2 Å². The standard InChI is InChI=1S/C18H17ClN2O6S/c1-28(23,24)21-9-17(27-14-5-3-12(19)7-13(14)21)18(22)20-8-11-2-4-15-16(6-11)26-10-25-15/h2-7,17H,8-10H2,1H3,(H,20,22)/t17-/m1/s1. The number of carbonyl (C=O) groups excluding carboxylic acids is 1. The molecule has 1 atom stereocenters. The molecule has 0 aromatic heterocycles. The van der Waals surface area contributed by atoms with Gasteiger partial charge in [0.25, 0.3) is 5.91 Å². The van der Waals surface area contributed by atoms with Crippen molar-refractivity contribution in [2.24, 2.45) is 0 Å². The Morgan fingerprint density at radius 1 is 1.18 bits per heavy atom. The summed E-state index contributed by atoms with van der Waals surface area (Å²) < 4.78 is 41.8. The van der Waals surface area contributed by atoms with Crippen LogP contribution in [0.3, 0.4) is 0 Å². The normalized spacial score (nSPS) is 17.6. The van der Waals surface area contributed by atoms with Crippen LogP contribution in [0.15, 0.2) is 36.4 Å². The molecule has 2 aromatic carbocycles. The fourth-order valence-electron chi connectivity index (χ4n) is 3.03. The maximum Gasteiger partial charge on any atom is 0.263 e. The number of hydrogen-bond acceptors (Lipinski definition) is 6. The van der Waals surface area contributed by atoms with E-state index in [1.807, 2.05) is 6.07 Å². The van der Waals surface area contributed by atoms with Crippen LogP contribution in [0.1, 0.15) is 5.56 Å². The van der Waals surface area contributed by atoms with Crippen LogP contribution in [0, 0.1) is 0 Å². The summed E-state index contributed by atoms with van der Waals surface area (Å²) in [4.78, 5) is 12.6. The molecule has 0 unspecified atom stereocenters. The maximum atomic E-state index is 12.6. The van der Waals surface area contributed by atoms with E-state index in [4.69, 9.17) is 25.8 Å². The molecule has 2 aliphatic rings. The van der Waals surface area contributed by atoms with Crippen molar-refractivity contribution in [2.75, 3.05) is 23.9 Å². The van der Waals surface area contributed by atoms with Crippen molar-refractivity contribution in [2.45, 2.75) is 12.6 Å². The number of nitrogens with one attached hydrogen (secondary N) is 1. The van der Waals surface area contributed by atoms with Gasteiger partial charge in [0, 0.05) is 11.6 Å². The van der Waals surface area contributed by atoms with Crippen LogP contribution in [0.4, 0.5) is 5.69 Å². The summed E-state index contributed by atoms with van der Waals surface area (Å²) in [5, 5.41) is 3.14. The molecule has 10 heteroatoms. The average molecular weight is 425 g/mol. The molecule has 0 radical (unpaired) electrons. The van der Waals surface area contributed by atoms with Crippen LogP contribution in [-0.4, -0.2) is 40.0 Å². The molecular weight excluding hydrogens is 408 g/mol. The van der Waals surface area contributed by atoms with E-state index in [-0.39, 0.29) is 25.6 Å². The minimum absolute atomic E-state index is 0.140. The number of ether oxygens (including phenoxy) is 3. The highest BCUT2D eigenvalue weighted by atomic mass is 35.5. The van der Waals surface area contributed by atoms with Gasteiger partial charge in [-0.25, -0.2) is 8.42 Å². The molecule has 4 rings (SSSR count). The molecule has 0 aliphatic carbocycles. The Morgan fingerprint density at radius 2 is 1.93 bits per heavy atom. The molecule has 2 aliphatic heterocycles. The van der Waals surface area contributed by atoms with Gasteiger partial charge < -0.3 is 19.5 Å².